The molecule has 1 unspecified atom stereocenters. The highest BCUT2D eigenvalue weighted by Gasteiger charge is 2.33. The molecule has 4 nitrogen and oxygen atoms in total. The molecule has 2 aromatic rings. The summed E-state index contributed by atoms with van der Waals surface area (Å²) in [5, 5.41) is 9.44. The van der Waals surface area contributed by atoms with Gasteiger partial charge >= 0.3 is 0 Å². The highest BCUT2D eigenvalue weighted by molar-refractivity contribution is 6.31. The Balaban J connectivity index is 1.62. The number of benzene rings is 1. The first-order chi connectivity index (χ1) is 11.7. The maximum atomic E-state index is 8.30. The Hall–Kier alpha value is -1.65. The van der Waals surface area contributed by atoms with Gasteiger partial charge in [-0.1, -0.05) is 62.1 Å². The van der Waals surface area contributed by atoms with Crippen LogP contribution in [0.5, 0.6) is 0 Å². The van der Waals surface area contributed by atoms with Gasteiger partial charge in [-0.2, -0.15) is 0 Å². The number of hydrogen-bond acceptors (Lipinski definition) is 3. The van der Waals surface area contributed by atoms with Gasteiger partial charge in [0, 0.05) is 11.9 Å². The van der Waals surface area contributed by atoms with E-state index in [9.17, 15) is 0 Å². The van der Waals surface area contributed by atoms with Crippen LogP contribution >= 0.6 is 11.6 Å². The second-order valence-corrected chi connectivity index (χ2v) is 6.84. The van der Waals surface area contributed by atoms with Crippen LogP contribution in [0.25, 0.3) is 10.9 Å². The Labute approximate surface area is 148 Å². The third kappa shape index (κ3) is 3.87. The van der Waals surface area contributed by atoms with Gasteiger partial charge < -0.3 is 4.90 Å². The van der Waals surface area contributed by atoms with Crippen LogP contribution in [0.2, 0.25) is 0 Å². The first-order valence-corrected chi connectivity index (χ1v) is 9.19. The second kappa shape index (κ2) is 7.95. The van der Waals surface area contributed by atoms with Gasteiger partial charge in [-0.3, -0.25) is 15.3 Å². The maximum Gasteiger partial charge on any atom is 0.144 e. The number of pyridine rings is 1. The molecule has 1 aromatic carbocycles. The molecule has 0 radical (unpaired) electrons. The molecule has 128 valence electrons. The summed E-state index contributed by atoms with van der Waals surface area (Å²) in [6, 6.07) is 12.3. The molecule has 2 heterocycles. The van der Waals surface area contributed by atoms with Gasteiger partial charge in [0.05, 0.1) is 24.4 Å². The molecule has 5 heteroatoms. The number of hydrogen-bond donors (Lipinski definition) is 1. The van der Waals surface area contributed by atoms with Crippen LogP contribution in [0, 0.1) is 5.41 Å². The van der Waals surface area contributed by atoms with Crippen molar-refractivity contribution in [3.8, 4) is 0 Å². The molecule has 1 aromatic heterocycles. The number of para-hydroxylation sites is 1. The molecule has 3 rings (SSSR count). The number of nitrogens with one attached hydrogen (secondary N) is 1. The summed E-state index contributed by atoms with van der Waals surface area (Å²) in [5.41, 5.74) is 1.67. The van der Waals surface area contributed by atoms with E-state index in [4.69, 9.17) is 22.0 Å². The van der Waals surface area contributed by atoms with Crippen molar-refractivity contribution in [2.24, 2.45) is 0 Å². The molecule has 0 amide bonds. The molecule has 0 saturated carbocycles. The van der Waals surface area contributed by atoms with Crippen molar-refractivity contribution in [1.29, 1.82) is 5.41 Å². The number of aromatic nitrogens is 1. The lowest BCUT2D eigenvalue weighted by Gasteiger charge is -2.19. The van der Waals surface area contributed by atoms with E-state index < -0.39 is 0 Å². The zero-order valence-electron chi connectivity index (χ0n) is 14.2. The molecule has 1 fully saturated rings. The number of alkyl halides is 1. The molecule has 0 spiro atoms. The SMILES string of the molecule is CCCCCCN1CN(Cc2ccc3ccccc3n2)C(=N)C1Cl. The van der Waals surface area contributed by atoms with Gasteiger partial charge in [0.1, 0.15) is 11.3 Å². The van der Waals surface area contributed by atoms with E-state index in [2.05, 4.69) is 24.0 Å². The first-order valence-electron chi connectivity index (χ1n) is 8.75. The van der Waals surface area contributed by atoms with Gasteiger partial charge in [0.25, 0.3) is 0 Å². The Morgan fingerprint density at radius 1 is 1.17 bits per heavy atom. The van der Waals surface area contributed by atoms with Gasteiger partial charge in [-0.25, -0.2) is 0 Å². The van der Waals surface area contributed by atoms with Crippen LogP contribution in [0.1, 0.15) is 38.3 Å². The van der Waals surface area contributed by atoms with E-state index >= 15 is 0 Å². The predicted octanol–water partition coefficient (Wildman–Crippen LogP) is 4.43. The lowest BCUT2D eigenvalue weighted by atomic mass is 10.2. The molecule has 1 atom stereocenters. The van der Waals surface area contributed by atoms with Crippen LogP contribution in [0.4, 0.5) is 0 Å². The highest BCUT2D eigenvalue weighted by atomic mass is 35.5. The van der Waals surface area contributed by atoms with Gasteiger partial charge in [0.2, 0.25) is 0 Å². The van der Waals surface area contributed by atoms with Crippen LogP contribution < -0.4 is 0 Å². The molecule has 1 aliphatic heterocycles. The fraction of sp³-hybridized carbons (Fsp3) is 0.474. The lowest BCUT2D eigenvalue weighted by molar-refractivity contribution is 0.240. The largest absolute Gasteiger partial charge is 0.339 e. The minimum atomic E-state index is -0.313. The van der Waals surface area contributed by atoms with Crippen molar-refractivity contribution < 1.29 is 0 Å². The molecule has 1 saturated heterocycles. The Kier molecular flexibility index (Phi) is 5.69. The number of halogens is 1. The Bertz CT molecular complexity index is 703. The topological polar surface area (TPSA) is 43.2 Å². The number of amidine groups is 1. The summed E-state index contributed by atoms with van der Waals surface area (Å²) in [6.07, 6.45) is 4.88. The van der Waals surface area contributed by atoms with Crippen LogP contribution in [0.3, 0.4) is 0 Å². The predicted molar refractivity (Wildman–Crippen MR) is 100 cm³/mol. The van der Waals surface area contributed by atoms with Crippen molar-refractivity contribution in [2.45, 2.75) is 44.7 Å². The quantitative estimate of drug-likeness (QED) is 0.459. The standard InChI is InChI=1S/C19H25ClN4/c1-2-3-4-7-12-23-14-24(19(21)18(23)20)13-16-11-10-15-8-5-6-9-17(15)22-16/h5-6,8-11,18,21H,2-4,7,12-14H2,1H3. The van der Waals surface area contributed by atoms with Crippen molar-refractivity contribution in [2.75, 3.05) is 13.2 Å². The fourth-order valence-electron chi connectivity index (χ4n) is 3.14. The third-order valence-electron chi connectivity index (χ3n) is 4.55. The van der Waals surface area contributed by atoms with E-state index in [-0.39, 0.29) is 5.50 Å². The van der Waals surface area contributed by atoms with Crippen LogP contribution in [0.15, 0.2) is 36.4 Å². The van der Waals surface area contributed by atoms with E-state index in [1.807, 2.05) is 29.2 Å². The van der Waals surface area contributed by atoms with Crippen molar-refractivity contribution >= 4 is 28.3 Å². The van der Waals surface area contributed by atoms with Crippen LogP contribution in [-0.4, -0.2) is 39.3 Å². The van der Waals surface area contributed by atoms with Gasteiger partial charge in [-0.05, 0) is 18.6 Å². The molecule has 0 aliphatic carbocycles. The highest BCUT2D eigenvalue weighted by Crippen LogP contribution is 2.22. The van der Waals surface area contributed by atoms with Crippen molar-refractivity contribution in [1.82, 2.24) is 14.8 Å². The van der Waals surface area contributed by atoms with E-state index in [1.165, 1.54) is 19.3 Å². The number of fused-ring (bicyclic) bond motifs is 1. The Morgan fingerprint density at radius 2 is 2.00 bits per heavy atom. The van der Waals surface area contributed by atoms with E-state index in [0.717, 1.165) is 29.6 Å². The second-order valence-electron chi connectivity index (χ2n) is 6.43. The summed E-state index contributed by atoms with van der Waals surface area (Å²) >= 11 is 6.44. The van der Waals surface area contributed by atoms with Crippen LogP contribution in [-0.2, 0) is 6.54 Å². The smallest absolute Gasteiger partial charge is 0.144 e. The minimum absolute atomic E-state index is 0.313. The number of unbranched alkanes of at least 4 members (excludes halogenated alkanes) is 3. The summed E-state index contributed by atoms with van der Waals surface area (Å²) in [6.45, 7) is 4.53. The minimum Gasteiger partial charge on any atom is -0.339 e. The van der Waals surface area contributed by atoms with Crippen molar-refractivity contribution in [3.63, 3.8) is 0 Å². The molecular formula is C19H25ClN4. The Morgan fingerprint density at radius 3 is 2.83 bits per heavy atom. The summed E-state index contributed by atoms with van der Waals surface area (Å²) in [5.74, 6) is 0.488. The summed E-state index contributed by atoms with van der Waals surface area (Å²) < 4.78 is 0. The fourth-order valence-corrected chi connectivity index (χ4v) is 3.44. The average molecular weight is 345 g/mol. The zero-order valence-corrected chi connectivity index (χ0v) is 15.0. The molecule has 0 bridgehead atoms. The summed E-state index contributed by atoms with van der Waals surface area (Å²) in [4.78, 5) is 8.91. The van der Waals surface area contributed by atoms with Gasteiger partial charge in [-0.15, -0.1) is 0 Å². The lowest BCUT2D eigenvalue weighted by Crippen LogP contribution is -2.28. The molecule has 1 N–H and O–H groups in total. The molecule has 1 aliphatic rings. The average Bonchev–Trinajstić information content (AvgIpc) is 2.87. The molecular weight excluding hydrogens is 320 g/mol. The summed E-state index contributed by atoms with van der Waals surface area (Å²) in [7, 11) is 0. The number of nitrogens with zero attached hydrogens (tertiary/aromatic N) is 3. The number of rotatable bonds is 7. The normalized spacial score (nSPS) is 18.7. The van der Waals surface area contributed by atoms with E-state index in [1.54, 1.807) is 0 Å². The zero-order chi connectivity index (χ0) is 16.9. The maximum absolute atomic E-state index is 8.30. The van der Waals surface area contributed by atoms with Crippen molar-refractivity contribution in [3.05, 3.63) is 42.1 Å². The molecule has 24 heavy (non-hydrogen) atoms. The monoisotopic (exact) mass is 344 g/mol. The first kappa shape index (κ1) is 17.2. The third-order valence-corrected chi connectivity index (χ3v) is 5.03. The van der Waals surface area contributed by atoms with E-state index in [0.29, 0.717) is 19.0 Å². The van der Waals surface area contributed by atoms with Gasteiger partial charge in [0.15, 0.2) is 0 Å².